The van der Waals surface area contributed by atoms with Gasteiger partial charge < -0.3 is 10.7 Å². The molecule has 0 unspecified atom stereocenters. The first-order valence-corrected chi connectivity index (χ1v) is 6.02. The molecule has 0 bridgehead atoms. The minimum absolute atomic E-state index is 0.477. The van der Waals surface area contributed by atoms with Crippen molar-refractivity contribution in [3.05, 3.63) is 48.4 Å². The van der Waals surface area contributed by atoms with Crippen molar-refractivity contribution in [1.29, 1.82) is 0 Å². The van der Waals surface area contributed by atoms with Gasteiger partial charge in [-0.2, -0.15) is 0 Å². The third-order valence-electron chi connectivity index (χ3n) is 3.19. The Morgan fingerprint density at radius 2 is 1.95 bits per heavy atom. The van der Waals surface area contributed by atoms with E-state index in [0.29, 0.717) is 5.82 Å². The molecule has 0 fully saturated rings. The van der Waals surface area contributed by atoms with Gasteiger partial charge in [-0.1, -0.05) is 36.4 Å². The Bertz CT molecular complexity index is 754. The summed E-state index contributed by atoms with van der Waals surface area (Å²) in [6.45, 7) is 5.90. The number of nitrogen functional groups attached to an aromatic ring is 1. The molecule has 0 atom stereocenters. The molecule has 0 saturated carbocycles. The Morgan fingerprint density at radius 1 is 1.21 bits per heavy atom. The Morgan fingerprint density at radius 3 is 2.63 bits per heavy atom. The van der Waals surface area contributed by atoms with Crippen molar-refractivity contribution >= 4 is 22.9 Å². The van der Waals surface area contributed by atoms with Gasteiger partial charge in [-0.25, -0.2) is 9.97 Å². The molecule has 4 nitrogen and oxygen atoms in total. The Labute approximate surface area is 111 Å². The lowest BCUT2D eigenvalue weighted by Crippen LogP contribution is -1.92. The molecule has 3 aromatic rings. The number of rotatable bonds is 2. The largest absolute Gasteiger partial charge is 0.383 e. The topological polar surface area (TPSA) is 67.6 Å². The standard InChI is InChI=1S/C15H14N4/c1-3-11-12(10-6-4-9(2)5-7-10)13-14(16)17-8-18-15(13)19-11/h3-8H,1H2,2H3,(H3,16,17,18,19). The zero-order valence-electron chi connectivity index (χ0n) is 10.6. The van der Waals surface area contributed by atoms with Gasteiger partial charge in [-0.3, -0.25) is 0 Å². The third kappa shape index (κ3) is 1.78. The van der Waals surface area contributed by atoms with Crippen LogP contribution in [0.15, 0.2) is 37.2 Å². The molecule has 2 heterocycles. The molecule has 94 valence electrons. The highest BCUT2D eigenvalue weighted by Crippen LogP contribution is 2.34. The van der Waals surface area contributed by atoms with Crippen LogP contribution in [0.1, 0.15) is 11.3 Å². The maximum absolute atomic E-state index is 5.99. The molecule has 1 aromatic carbocycles. The molecule has 0 radical (unpaired) electrons. The predicted octanol–water partition coefficient (Wildman–Crippen LogP) is 3.16. The van der Waals surface area contributed by atoms with Crippen LogP contribution in [0.5, 0.6) is 0 Å². The molecule has 4 heteroatoms. The van der Waals surface area contributed by atoms with E-state index in [1.807, 2.05) is 0 Å². The van der Waals surface area contributed by atoms with Crippen LogP contribution in [-0.4, -0.2) is 15.0 Å². The SMILES string of the molecule is C=Cc1[nH]c2ncnc(N)c2c1-c1ccc(C)cc1. The van der Waals surface area contributed by atoms with Gasteiger partial charge in [0, 0.05) is 11.3 Å². The summed E-state index contributed by atoms with van der Waals surface area (Å²) in [7, 11) is 0. The van der Waals surface area contributed by atoms with Gasteiger partial charge in [0.2, 0.25) is 0 Å². The number of fused-ring (bicyclic) bond motifs is 1. The molecule has 3 N–H and O–H groups in total. The van der Waals surface area contributed by atoms with Crippen LogP contribution in [0.2, 0.25) is 0 Å². The van der Waals surface area contributed by atoms with E-state index >= 15 is 0 Å². The van der Waals surface area contributed by atoms with Crippen LogP contribution in [0.25, 0.3) is 28.2 Å². The summed E-state index contributed by atoms with van der Waals surface area (Å²) in [6.07, 6.45) is 3.23. The summed E-state index contributed by atoms with van der Waals surface area (Å²) in [5, 5.41) is 0.848. The lowest BCUT2D eigenvalue weighted by Gasteiger charge is -2.04. The second-order valence-corrected chi connectivity index (χ2v) is 4.47. The van der Waals surface area contributed by atoms with Crippen molar-refractivity contribution in [2.75, 3.05) is 5.73 Å². The monoisotopic (exact) mass is 250 g/mol. The molecule has 19 heavy (non-hydrogen) atoms. The minimum Gasteiger partial charge on any atom is -0.383 e. The molecule has 2 aromatic heterocycles. The number of nitrogens with one attached hydrogen (secondary N) is 1. The van der Waals surface area contributed by atoms with E-state index in [9.17, 15) is 0 Å². The average molecular weight is 250 g/mol. The number of nitrogens with two attached hydrogens (primary N) is 1. The van der Waals surface area contributed by atoms with Crippen molar-refractivity contribution in [3.63, 3.8) is 0 Å². The van der Waals surface area contributed by atoms with E-state index in [0.717, 1.165) is 27.9 Å². The Hall–Kier alpha value is -2.62. The summed E-state index contributed by atoms with van der Waals surface area (Å²) in [4.78, 5) is 11.5. The summed E-state index contributed by atoms with van der Waals surface area (Å²) >= 11 is 0. The fraction of sp³-hybridized carbons (Fsp3) is 0.0667. The molecule has 0 saturated heterocycles. The molecular formula is C15H14N4. The zero-order chi connectivity index (χ0) is 13.4. The van der Waals surface area contributed by atoms with Crippen molar-refractivity contribution in [2.24, 2.45) is 0 Å². The number of H-pyrrole nitrogens is 1. The molecule has 0 spiro atoms. The van der Waals surface area contributed by atoms with E-state index in [4.69, 9.17) is 5.73 Å². The number of hydrogen-bond acceptors (Lipinski definition) is 3. The maximum Gasteiger partial charge on any atom is 0.143 e. The fourth-order valence-electron chi connectivity index (χ4n) is 2.24. The van der Waals surface area contributed by atoms with Crippen LogP contribution < -0.4 is 5.73 Å². The number of anilines is 1. The van der Waals surface area contributed by atoms with E-state index < -0.39 is 0 Å². The summed E-state index contributed by atoms with van der Waals surface area (Å²) in [6, 6.07) is 8.27. The second kappa shape index (κ2) is 4.24. The summed E-state index contributed by atoms with van der Waals surface area (Å²) < 4.78 is 0. The Kier molecular flexibility index (Phi) is 2.56. The van der Waals surface area contributed by atoms with Gasteiger partial charge in [0.05, 0.1) is 5.39 Å². The van der Waals surface area contributed by atoms with Crippen LogP contribution in [0.4, 0.5) is 5.82 Å². The molecule has 0 aliphatic heterocycles. The van der Waals surface area contributed by atoms with Crippen LogP contribution in [0, 0.1) is 6.92 Å². The van der Waals surface area contributed by atoms with E-state index in [2.05, 4.69) is 52.7 Å². The van der Waals surface area contributed by atoms with Gasteiger partial charge >= 0.3 is 0 Å². The molecule has 3 rings (SSSR count). The number of aryl methyl sites for hydroxylation is 1. The lowest BCUT2D eigenvalue weighted by atomic mass is 10.0. The third-order valence-corrected chi connectivity index (χ3v) is 3.19. The van der Waals surface area contributed by atoms with E-state index in [1.54, 1.807) is 6.08 Å². The quantitative estimate of drug-likeness (QED) is 0.734. The van der Waals surface area contributed by atoms with E-state index in [1.165, 1.54) is 11.9 Å². The van der Waals surface area contributed by atoms with Crippen molar-refractivity contribution in [2.45, 2.75) is 6.92 Å². The van der Waals surface area contributed by atoms with Gasteiger partial charge in [0.25, 0.3) is 0 Å². The highest BCUT2D eigenvalue weighted by molar-refractivity contribution is 6.03. The molecule has 0 amide bonds. The highest BCUT2D eigenvalue weighted by atomic mass is 15.0. The summed E-state index contributed by atoms with van der Waals surface area (Å²) in [5.74, 6) is 0.477. The first kappa shape index (κ1) is 11.5. The average Bonchev–Trinajstić information content (AvgIpc) is 2.80. The van der Waals surface area contributed by atoms with Gasteiger partial charge in [0.15, 0.2) is 0 Å². The Balaban J connectivity index is 2.38. The summed E-state index contributed by atoms with van der Waals surface area (Å²) in [5.41, 5.74) is 10.9. The number of aromatic nitrogens is 3. The van der Waals surface area contributed by atoms with Crippen LogP contribution in [-0.2, 0) is 0 Å². The van der Waals surface area contributed by atoms with Gasteiger partial charge in [0.1, 0.15) is 17.8 Å². The lowest BCUT2D eigenvalue weighted by molar-refractivity contribution is 1.20. The number of nitrogens with zero attached hydrogens (tertiary/aromatic N) is 2. The molecule has 0 aliphatic rings. The number of hydrogen-bond donors (Lipinski definition) is 2. The first-order chi connectivity index (χ1) is 9.20. The van der Waals surface area contributed by atoms with E-state index in [-0.39, 0.29) is 0 Å². The first-order valence-electron chi connectivity index (χ1n) is 6.02. The predicted molar refractivity (Wildman–Crippen MR) is 78.6 cm³/mol. The maximum atomic E-state index is 5.99. The number of aromatic amines is 1. The minimum atomic E-state index is 0.477. The van der Waals surface area contributed by atoms with Crippen LogP contribution in [0.3, 0.4) is 0 Å². The fourth-order valence-corrected chi connectivity index (χ4v) is 2.24. The molecular weight excluding hydrogens is 236 g/mol. The smallest absolute Gasteiger partial charge is 0.143 e. The van der Waals surface area contributed by atoms with Gasteiger partial charge in [-0.15, -0.1) is 0 Å². The van der Waals surface area contributed by atoms with Crippen molar-refractivity contribution < 1.29 is 0 Å². The van der Waals surface area contributed by atoms with Crippen LogP contribution >= 0.6 is 0 Å². The van der Waals surface area contributed by atoms with Crippen molar-refractivity contribution in [3.8, 4) is 11.1 Å². The number of benzene rings is 1. The normalized spacial score (nSPS) is 10.8. The molecule has 0 aliphatic carbocycles. The highest BCUT2D eigenvalue weighted by Gasteiger charge is 2.15. The van der Waals surface area contributed by atoms with Crippen molar-refractivity contribution in [1.82, 2.24) is 15.0 Å². The second-order valence-electron chi connectivity index (χ2n) is 4.47. The zero-order valence-corrected chi connectivity index (χ0v) is 10.6. The van der Waals surface area contributed by atoms with Gasteiger partial charge in [-0.05, 0) is 18.6 Å².